The maximum Gasteiger partial charge on any atom is 0.247 e. The van der Waals surface area contributed by atoms with E-state index in [1.807, 2.05) is 61.5 Å². The number of para-hydroxylation sites is 1. The number of imide groups is 1. The molecule has 1 aliphatic heterocycles. The summed E-state index contributed by atoms with van der Waals surface area (Å²) in [5, 5.41) is 2.94. The van der Waals surface area contributed by atoms with E-state index < -0.39 is 17.9 Å². The lowest BCUT2D eigenvalue weighted by molar-refractivity contribution is -0.147. The summed E-state index contributed by atoms with van der Waals surface area (Å²) in [4.78, 5) is 42.9. The number of hydrogen-bond acceptors (Lipinski definition) is 3. The zero-order valence-electron chi connectivity index (χ0n) is 19.7. The molecule has 3 atom stereocenters. The zero-order valence-corrected chi connectivity index (χ0v) is 19.7. The first-order chi connectivity index (χ1) is 17.1. The summed E-state index contributed by atoms with van der Waals surface area (Å²) in [5.41, 5.74) is 5.22. The van der Waals surface area contributed by atoms with E-state index in [2.05, 4.69) is 29.6 Å². The SMILES string of the molecule is CCCC[C@H](C(=O)Nc1ccccc1)N1C(=O)[C@H]2C3c4ccccc4C(c4ccccc43)[C@@H]2C1=O. The lowest BCUT2D eigenvalue weighted by Gasteiger charge is -2.45. The highest BCUT2D eigenvalue weighted by Gasteiger charge is 2.62. The maximum atomic E-state index is 14.0. The number of carbonyl (C=O) groups excluding carboxylic acids is 3. The molecular formula is C30H28N2O3. The molecule has 3 aromatic carbocycles. The number of nitrogens with zero attached hydrogens (tertiary/aromatic N) is 1. The van der Waals surface area contributed by atoms with Gasteiger partial charge in [-0.25, -0.2) is 0 Å². The van der Waals surface area contributed by atoms with Gasteiger partial charge in [-0.15, -0.1) is 0 Å². The molecular weight excluding hydrogens is 436 g/mol. The van der Waals surface area contributed by atoms with Gasteiger partial charge in [0, 0.05) is 17.5 Å². The van der Waals surface area contributed by atoms with Crippen molar-refractivity contribution >= 4 is 23.4 Å². The Morgan fingerprint density at radius 3 is 1.69 bits per heavy atom. The van der Waals surface area contributed by atoms with Gasteiger partial charge in [0.05, 0.1) is 11.8 Å². The average Bonchev–Trinajstić information content (AvgIpc) is 3.15. The minimum Gasteiger partial charge on any atom is -0.324 e. The molecule has 5 nitrogen and oxygen atoms in total. The fourth-order valence-electron chi connectivity index (χ4n) is 6.53. The van der Waals surface area contributed by atoms with Gasteiger partial charge in [0.25, 0.3) is 0 Å². The van der Waals surface area contributed by atoms with E-state index >= 15 is 0 Å². The van der Waals surface area contributed by atoms with Crippen LogP contribution < -0.4 is 5.32 Å². The van der Waals surface area contributed by atoms with Gasteiger partial charge in [-0.3, -0.25) is 19.3 Å². The van der Waals surface area contributed by atoms with Crippen molar-refractivity contribution < 1.29 is 14.4 Å². The predicted molar refractivity (Wildman–Crippen MR) is 134 cm³/mol. The number of benzene rings is 3. The van der Waals surface area contributed by atoms with Gasteiger partial charge in [0.1, 0.15) is 6.04 Å². The summed E-state index contributed by atoms with van der Waals surface area (Å²) in [5.74, 6) is -1.97. The molecule has 1 N–H and O–H groups in total. The number of rotatable bonds is 6. The van der Waals surface area contributed by atoms with E-state index in [1.54, 1.807) is 0 Å². The van der Waals surface area contributed by atoms with Gasteiger partial charge in [0.15, 0.2) is 0 Å². The second-order valence-corrected chi connectivity index (χ2v) is 9.82. The Balaban J connectivity index is 1.41. The molecule has 0 unspecified atom stereocenters. The van der Waals surface area contributed by atoms with Gasteiger partial charge in [-0.05, 0) is 40.8 Å². The summed E-state index contributed by atoms with van der Waals surface area (Å²) in [6, 6.07) is 24.8. The van der Waals surface area contributed by atoms with E-state index in [-0.39, 0.29) is 29.6 Å². The summed E-state index contributed by atoms with van der Waals surface area (Å²) >= 11 is 0. The predicted octanol–water partition coefficient (Wildman–Crippen LogP) is 5.08. The van der Waals surface area contributed by atoms with Crippen LogP contribution in [-0.4, -0.2) is 28.7 Å². The molecule has 1 saturated heterocycles. The molecule has 5 heteroatoms. The molecule has 0 aromatic heterocycles. The molecule has 35 heavy (non-hydrogen) atoms. The third kappa shape index (κ3) is 3.25. The zero-order chi connectivity index (χ0) is 24.1. The number of nitrogens with one attached hydrogen (secondary N) is 1. The van der Waals surface area contributed by atoms with Crippen molar-refractivity contribution in [3.05, 3.63) is 101 Å². The van der Waals surface area contributed by atoms with Gasteiger partial charge >= 0.3 is 0 Å². The van der Waals surface area contributed by atoms with Gasteiger partial charge in [-0.1, -0.05) is 86.5 Å². The lowest BCUT2D eigenvalue weighted by atomic mass is 9.55. The van der Waals surface area contributed by atoms with Crippen LogP contribution in [0.3, 0.4) is 0 Å². The molecule has 1 fully saturated rings. The standard InChI is InChI=1S/C30H28N2O3/c1-2-3-17-23(28(33)31-18-11-5-4-6-12-18)32-29(34)26-24-19-13-7-8-14-20(19)25(27(26)30(32)35)22-16-10-9-15-21(22)24/h4-16,23-27H,2-3,17H2,1H3,(H,31,33)/t23-,24?,25?,26+,27+/m1/s1. The topological polar surface area (TPSA) is 66.5 Å². The Bertz CT molecular complexity index is 1200. The first-order valence-electron chi connectivity index (χ1n) is 12.5. The summed E-state index contributed by atoms with van der Waals surface area (Å²) in [6.07, 6.45) is 2.09. The largest absolute Gasteiger partial charge is 0.324 e. The lowest BCUT2D eigenvalue weighted by Crippen LogP contribution is -2.48. The number of anilines is 1. The number of likely N-dealkylation sites (tertiary alicyclic amines) is 1. The Kier molecular flexibility index (Phi) is 5.28. The fraction of sp³-hybridized carbons (Fsp3) is 0.300. The van der Waals surface area contributed by atoms with Crippen molar-refractivity contribution in [1.82, 2.24) is 4.90 Å². The van der Waals surface area contributed by atoms with Crippen molar-refractivity contribution in [2.45, 2.75) is 44.1 Å². The third-order valence-corrected chi connectivity index (χ3v) is 7.97. The van der Waals surface area contributed by atoms with Gasteiger partial charge in [0.2, 0.25) is 17.7 Å². The molecule has 176 valence electrons. The van der Waals surface area contributed by atoms with Crippen LogP contribution in [0.1, 0.15) is 60.3 Å². The second-order valence-electron chi connectivity index (χ2n) is 9.82. The van der Waals surface area contributed by atoms with Crippen LogP contribution in [0.2, 0.25) is 0 Å². The highest BCUT2D eigenvalue weighted by Crippen LogP contribution is 2.61. The molecule has 2 bridgehead atoms. The third-order valence-electron chi connectivity index (χ3n) is 7.97. The van der Waals surface area contributed by atoms with Crippen molar-refractivity contribution in [3.8, 4) is 0 Å². The maximum absolute atomic E-state index is 14.0. The quantitative estimate of drug-likeness (QED) is 0.518. The molecule has 3 aromatic rings. The van der Waals surface area contributed by atoms with Crippen LogP contribution in [-0.2, 0) is 14.4 Å². The van der Waals surface area contributed by atoms with Crippen molar-refractivity contribution in [2.75, 3.05) is 5.32 Å². The summed E-state index contributed by atoms with van der Waals surface area (Å²) < 4.78 is 0. The summed E-state index contributed by atoms with van der Waals surface area (Å²) in [7, 11) is 0. The first kappa shape index (κ1) is 21.8. The highest BCUT2D eigenvalue weighted by molar-refractivity contribution is 6.11. The molecule has 0 radical (unpaired) electrons. The van der Waals surface area contributed by atoms with E-state index in [0.717, 1.165) is 35.1 Å². The van der Waals surface area contributed by atoms with Crippen molar-refractivity contribution in [2.24, 2.45) is 11.8 Å². The summed E-state index contributed by atoms with van der Waals surface area (Å²) in [6.45, 7) is 2.05. The van der Waals surface area contributed by atoms with Crippen LogP contribution in [0.25, 0.3) is 0 Å². The number of amides is 3. The Morgan fingerprint density at radius 2 is 1.23 bits per heavy atom. The second kappa shape index (κ2) is 8.49. The van der Waals surface area contributed by atoms with Crippen LogP contribution in [0, 0.1) is 11.8 Å². The van der Waals surface area contributed by atoms with Crippen LogP contribution >= 0.6 is 0 Å². The molecule has 3 amide bonds. The van der Waals surface area contributed by atoms with E-state index in [9.17, 15) is 14.4 Å². The van der Waals surface area contributed by atoms with Crippen LogP contribution in [0.15, 0.2) is 78.9 Å². The van der Waals surface area contributed by atoms with Gasteiger partial charge < -0.3 is 5.32 Å². The molecule has 3 aliphatic carbocycles. The van der Waals surface area contributed by atoms with Crippen LogP contribution in [0.5, 0.6) is 0 Å². The molecule has 7 rings (SSSR count). The minimum atomic E-state index is -0.814. The minimum absolute atomic E-state index is 0.164. The number of hydrogen-bond donors (Lipinski definition) is 1. The Labute approximate surface area is 205 Å². The highest BCUT2D eigenvalue weighted by atomic mass is 16.2. The van der Waals surface area contributed by atoms with Crippen LogP contribution in [0.4, 0.5) is 5.69 Å². The van der Waals surface area contributed by atoms with E-state index in [0.29, 0.717) is 12.1 Å². The number of unbranched alkanes of at least 4 members (excludes halogenated alkanes) is 1. The molecule has 1 heterocycles. The van der Waals surface area contributed by atoms with Gasteiger partial charge in [-0.2, -0.15) is 0 Å². The Morgan fingerprint density at radius 1 is 0.771 bits per heavy atom. The smallest absolute Gasteiger partial charge is 0.247 e. The van der Waals surface area contributed by atoms with E-state index in [1.165, 1.54) is 4.90 Å². The van der Waals surface area contributed by atoms with Crippen molar-refractivity contribution in [3.63, 3.8) is 0 Å². The molecule has 0 spiro atoms. The molecule has 4 aliphatic rings. The number of carbonyl (C=O) groups is 3. The Hall–Kier alpha value is -3.73. The first-order valence-corrected chi connectivity index (χ1v) is 12.5. The van der Waals surface area contributed by atoms with Crippen molar-refractivity contribution in [1.29, 1.82) is 0 Å². The monoisotopic (exact) mass is 464 g/mol. The fourth-order valence-corrected chi connectivity index (χ4v) is 6.53. The van der Waals surface area contributed by atoms with E-state index in [4.69, 9.17) is 0 Å². The normalized spacial score (nSPS) is 24.5. The molecule has 0 saturated carbocycles. The average molecular weight is 465 g/mol.